The van der Waals surface area contributed by atoms with Gasteiger partial charge in [-0.1, -0.05) is 40.2 Å². The lowest BCUT2D eigenvalue weighted by Gasteiger charge is -2.35. The van der Waals surface area contributed by atoms with Gasteiger partial charge in [-0.15, -0.1) is 11.8 Å². The maximum atomic E-state index is 13.4. The Morgan fingerprint density at radius 2 is 1.82 bits per heavy atom. The zero-order chi connectivity index (χ0) is 24.4. The fraction of sp³-hybridized carbons (Fsp3) is 0.400. The molecule has 1 fully saturated rings. The van der Waals surface area contributed by atoms with E-state index in [2.05, 4.69) is 15.9 Å². The molecule has 3 atom stereocenters. The fourth-order valence-electron chi connectivity index (χ4n) is 4.09. The topological polar surface area (TPSA) is 83.9 Å². The average molecular weight is 534 g/mol. The van der Waals surface area contributed by atoms with Gasteiger partial charge in [0.1, 0.15) is 11.1 Å². The Balaban J connectivity index is 2.00. The van der Waals surface area contributed by atoms with Gasteiger partial charge in [-0.25, -0.2) is 4.79 Å². The summed E-state index contributed by atoms with van der Waals surface area (Å²) in [5.41, 5.74) is -1.86. The lowest BCUT2D eigenvalue weighted by molar-refractivity contribution is -0.158. The van der Waals surface area contributed by atoms with Gasteiger partial charge in [0.15, 0.2) is 0 Å². The van der Waals surface area contributed by atoms with Crippen LogP contribution in [0.15, 0.2) is 64.0 Å². The van der Waals surface area contributed by atoms with Gasteiger partial charge in [0.2, 0.25) is 0 Å². The van der Waals surface area contributed by atoms with E-state index in [9.17, 15) is 19.5 Å². The first-order valence-electron chi connectivity index (χ1n) is 10.7. The Kier molecular flexibility index (Phi) is 7.59. The van der Waals surface area contributed by atoms with Crippen molar-refractivity contribution in [3.8, 4) is 0 Å². The van der Waals surface area contributed by atoms with E-state index < -0.39 is 29.0 Å². The van der Waals surface area contributed by atoms with Crippen molar-refractivity contribution in [3.63, 3.8) is 0 Å². The van der Waals surface area contributed by atoms with Crippen molar-refractivity contribution in [2.45, 2.75) is 55.4 Å². The first-order chi connectivity index (χ1) is 15.4. The molecule has 1 aliphatic heterocycles. The van der Waals surface area contributed by atoms with Gasteiger partial charge in [0, 0.05) is 32.6 Å². The SMILES string of the molecule is CC(C)(C)OC(=O)C[C@H]1[C@@H](Sc2cccc(Br)c2)CN(C(=O)c2ccccc2)[C@]1(C)C(=O)O. The number of nitrogens with zero attached hydrogens (tertiary/aromatic N) is 1. The number of carbonyl (C=O) groups excluding carboxylic acids is 2. The number of carboxylic acid groups (broad SMARTS) is 1. The molecular formula is C25H28BrNO5S. The van der Waals surface area contributed by atoms with Crippen molar-refractivity contribution in [3.05, 3.63) is 64.6 Å². The molecule has 0 spiro atoms. The fourth-order valence-corrected chi connectivity index (χ4v) is 6.09. The number of halogens is 1. The Bertz CT molecular complexity index is 1040. The van der Waals surface area contributed by atoms with Crippen LogP contribution < -0.4 is 0 Å². The molecule has 1 N–H and O–H groups in total. The van der Waals surface area contributed by atoms with E-state index >= 15 is 0 Å². The number of ether oxygens (including phenoxy) is 1. The minimum absolute atomic E-state index is 0.107. The van der Waals surface area contributed by atoms with E-state index in [1.165, 1.54) is 23.6 Å². The number of rotatable bonds is 6. The number of hydrogen-bond donors (Lipinski definition) is 1. The third-order valence-corrected chi connectivity index (χ3v) is 7.48. The number of carboxylic acids is 1. The number of thioether (sulfide) groups is 1. The lowest BCUT2D eigenvalue weighted by atomic mass is 9.83. The molecule has 1 heterocycles. The third kappa shape index (κ3) is 5.79. The summed E-state index contributed by atoms with van der Waals surface area (Å²) < 4.78 is 6.41. The maximum absolute atomic E-state index is 13.4. The van der Waals surface area contributed by atoms with E-state index in [0.717, 1.165) is 9.37 Å². The Morgan fingerprint density at radius 1 is 1.15 bits per heavy atom. The number of aliphatic carboxylic acids is 1. The summed E-state index contributed by atoms with van der Waals surface area (Å²) in [6, 6.07) is 16.3. The van der Waals surface area contributed by atoms with Gasteiger partial charge in [0.25, 0.3) is 5.91 Å². The highest BCUT2D eigenvalue weighted by molar-refractivity contribution is 9.10. The lowest BCUT2D eigenvalue weighted by Crippen LogP contribution is -2.55. The monoisotopic (exact) mass is 533 g/mol. The maximum Gasteiger partial charge on any atom is 0.329 e. The molecule has 0 aromatic heterocycles. The summed E-state index contributed by atoms with van der Waals surface area (Å²) in [4.78, 5) is 41.2. The quantitative estimate of drug-likeness (QED) is 0.510. The van der Waals surface area contributed by atoms with E-state index in [4.69, 9.17) is 4.74 Å². The van der Waals surface area contributed by atoms with Crippen LogP contribution in [0.5, 0.6) is 0 Å². The average Bonchev–Trinajstić information content (AvgIpc) is 3.00. The van der Waals surface area contributed by atoms with Crippen molar-refractivity contribution in [2.24, 2.45) is 5.92 Å². The van der Waals surface area contributed by atoms with Crippen molar-refractivity contribution in [1.82, 2.24) is 4.90 Å². The molecule has 2 aromatic carbocycles. The molecule has 6 nitrogen and oxygen atoms in total. The summed E-state index contributed by atoms with van der Waals surface area (Å²) in [5, 5.41) is 10.0. The second-order valence-corrected chi connectivity index (χ2v) is 11.5. The molecule has 176 valence electrons. The predicted octanol–water partition coefficient (Wildman–Crippen LogP) is 5.26. The van der Waals surface area contributed by atoms with Crippen LogP contribution in [-0.2, 0) is 14.3 Å². The van der Waals surface area contributed by atoms with E-state index in [-0.39, 0.29) is 24.1 Å². The molecule has 8 heteroatoms. The van der Waals surface area contributed by atoms with Gasteiger partial charge in [-0.2, -0.15) is 0 Å². The number of benzene rings is 2. The smallest absolute Gasteiger partial charge is 0.329 e. The Morgan fingerprint density at radius 3 is 2.39 bits per heavy atom. The van der Waals surface area contributed by atoms with Crippen molar-refractivity contribution < 1.29 is 24.2 Å². The van der Waals surface area contributed by atoms with Crippen molar-refractivity contribution in [2.75, 3.05) is 6.54 Å². The number of hydrogen-bond acceptors (Lipinski definition) is 5. The zero-order valence-corrected chi connectivity index (χ0v) is 21.5. The van der Waals surface area contributed by atoms with Crippen LogP contribution in [0, 0.1) is 5.92 Å². The Hall–Kier alpha value is -2.32. The molecule has 0 unspecified atom stereocenters. The summed E-state index contributed by atoms with van der Waals surface area (Å²) in [6.45, 7) is 7.05. The number of likely N-dealkylation sites (tertiary alicyclic amines) is 1. The molecule has 0 bridgehead atoms. The molecule has 1 aliphatic rings. The summed E-state index contributed by atoms with van der Waals surface area (Å²) in [6.07, 6.45) is -0.107. The molecule has 3 rings (SSSR count). The van der Waals surface area contributed by atoms with Gasteiger partial charge < -0.3 is 14.7 Å². The van der Waals surface area contributed by atoms with Crippen LogP contribution in [0.4, 0.5) is 0 Å². The zero-order valence-electron chi connectivity index (χ0n) is 19.1. The summed E-state index contributed by atoms with van der Waals surface area (Å²) in [7, 11) is 0. The number of carbonyl (C=O) groups is 3. The standard InChI is InChI=1S/C25H28BrNO5S/c1-24(2,3)32-21(28)14-19-20(33-18-12-8-11-17(26)13-18)15-27(25(19,4)23(30)31)22(29)16-9-6-5-7-10-16/h5-13,19-20H,14-15H2,1-4H3,(H,30,31)/t19-,20-,25-/m0/s1. The minimum atomic E-state index is -1.58. The highest BCUT2D eigenvalue weighted by Gasteiger charge is 2.58. The molecule has 1 saturated heterocycles. The van der Waals surface area contributed by atoms with Crippen molar-refractivity contribution in [1.29, 1.82) is 0 Å². The van der Waals surface area contributed by atoms with Crippen LogP contribution in [0.3, 0.4) is 0 Å². The molecule has 33 heavy (non-hydrogen) atoms. The molecular weight excluding hydrogens is 506 g/mol. The highest BCUT2D eigenvalue weighted by Crippen LogP contribution is 2.46. The minimum Gasteiger partial charge on any atom is -0.479 e. The van der Waals surface area contributed by atoms with Gasteiger partial charge in [-0.3, -0.25) is 9.59 Å². The first kappa shape index (κ1) is 25.3. The summed E-state index contributed by atoms with van der Waals surface area (Å²) >= 11 is 4.94. The van der Waals surface area contributed by atoms with Gasteiger partial charge in [0.05, 0.1) is 6.42 Å². The largest absolute Gasteiger partial charge is 0.479 e. The first-order valence-corrected chi connectivity index (χ1v) is 12.3. The van der Waals surface area contributed by atoms with Gasteiger partial charge >= 0.3 is 11.9 Å². The van der Waals surface area contributed by atoms with Crippen LogP contribution in [0.25, 0.3) is 0 Å². The van der Waals surface area contributed by atoms with Crippen LogP contribution in [0.1, 0.15) is 44.5 Å². The second kappa shape index (κ2) is 9.89. The molecule has 0 saturated carbocycles. The van der Waals surface area contributed by atoms with E-state index in [1.54, 1.807) is 51.1 Å². The Labute approximate surface area is 206 Å². The van der Waals surface area contributed by atoms with Crippen LogP contribution in [0.2, 0.25) is 0 Å². The van der Waals surface area contributed by atoms with E-state index in [0.29, 0.717) is 5.56 Å². The number of esters is 1. The number of amides is 1. The summed E-state index contributed by atoms with van der Waals surface area (Å²) in [5.74, 6) is -2.64. The van der Waals surface area contributed by atoms with Crippen molar-refractivity contribution >= 4 is 45.5 Å². The predicted molar refractivity (Wildman–Crippen MR) is 131 cm³/mol. The van der Waals surface area contributed by atoms with Crippen LogP contribution >= 0.6 is 27.7 Å². The molecule has 1 amide bonds. The van der Waals surface area contributed by atoms with E-state index in [1.807, 2.05) is 24.3 Å². The highest BCUT2D eigenvalue weighted by atomic mass is 79.9. The van der Waals surface area contributed by atoms with Crippen LogP contribution in [-0.4, -0.2) is 50.8 Å². The van der Waals surface area contributed by atoms with Gasteiger partial charge in [-0.05, 0) is 58.0 Å². The second-order valence-electron chi connectivity index (χ2n) is 9.25. The molecule has 0 aliphatic carbocycles. The molecule has 2 aromatic rings. The molecule has 0 radical (unpaired) electrons. The third-order valence-electron chi connectivity index (χ3n) is 5.68. The normalized spacial score (nSPS) is 22.8.